The molecule has 0 aliphatic heterocycles. The van der Waals surface area contributed by atoms with Crippen LogP contribution in [0.3, 0.4) is 0 Å². The molecule has 1 aromatic heterocycles. The van der Waals surface area contributed by atoms with Crippen LogP contribution in [-0.4, -0.2) is 35.5 Å². The lowest BCUT2D eigenvalue weighted by Gasteiger charge is -2.13. The highest BCUT2D eigenvalue weighted by Gasteiger charge is 2.08. The molecule has 0 saturated heterocycles. The molecule has 6 nitrogen and oxygen atoms in total. The number of nitrogens with one attached hydrogen (secondary N) is 1. The molecule has 0 atom stereocenters. The summed E-state index contributed by atoms with van der Waals surface area (Å²) in [6.07, 6.45) is 2.54. The Balaban J connectivity index is 1.89. The van der Waals surface area contributed by atoms with Gasteiger partial charge in [0.25, 0.3) is 0 Å². The number of hydrogen-bond acceptors (Lipinski definition) is 5. The predicted molar refractivity (Wildman–Crippen MR) is 76.0 cm³/mol. The molecule has 1 heterocycles. The van der Waals surface area contributed by atoms with Crippen molar-refractivity contribution in [2.75, 3.05) is 20.8 Å². The Morgan fingerprint density at radius 2 is 2.10 bits per heavy atom. The van der Waals surface area contributed by atoms with E-state index in [2.05, 4.69) is 15.5 Å². The summed E-state index contributed by atoms with van der Waals surface area (Å²) in [6, 6.07) is 5.87. The van der Waals surface area contributed by atoms with E-state index in [0.717, 1.165) is 42.4 Å². The van der Waals surface area contributed by atoms with Gasteiger partial charge in [0.05, 0.1) is 14.2 Å². The lowest BCUT2D eigenvalue weighted by molar-refractivity contribution is 0.350. The van der Waals surface area contributed by atoms with Crippen molar-refractivity contribution >= 4 is 0 Å². The molecule has 1 N–H and O–H groups in total. The van der Waals surface area contributed by atoms with E-state index in [9.17, 15) is 0 Å². The fourth-order valence-electron chi connectivity index (χ4n) is 2.05. The van der Waals surface area contributed by atoms with E-state index in [4.69, 9.17) is 9.47 Å². The Hall–Kier alpha value is -2.08. The van der Waals surface area contributed by atoms with E-state index < -0.39 is 0 Å². The van der Waals surface area contributed by atoms with Gasteiger partial charge in [-0.2, -0.15) is 0 Å². The van der Waals surface area contributed by atoms with Gasteiger partial charge in [0.2, 0.25) is 0 Å². The van der Waals surface area contributed by atoms with Gasteiger partial charge in [0.1, 0.15) is 12.2 Å². The molecular formula is C14H20N4O2. The molecule has 108 valence electrons. The number of para-hydroxylation sites is 1. The fourth-order valence-corrected chi connectivity index (χ4v) is 2.05. The van der Waals surface area contributed by atoms with Crippen molar-refractivity contribution in [2.24, 2.45) is 7.05 Å². The summed E-state index contributed by atoms with van der Waals surface area (Å²) in [6.45, 7) is 1.55. The van der Waals surface area contributed by atoms with Crippen molar-refractivity contribution in [2.45, 2.75) is 13.0 Å². The highest BCUT2D eigenvalue weighted by atomic mass is 16.5. The summed E-state index contributed by atoms with van der Waals surface area (Å²) in [5, 5.41) is 11.3. The molecule has 0 radical (unpaired) electrons. The van der Waals surface area contributed by atoms with Gasteiger partial charge in [-0.25, -0.2) is 0 Å². The maximum atomic E-state index is 5.40. The number of nitrogens with zero attached hydrogens (tertiary/aromatic N) is 3. The largest absolute Gasteiger partial charge is 0.493 e. The van der Waals surface area contributed by atoms with Crippen LogP contribution in [-0.2, 0) is 20.0 Å². The van der Waals surface area contributed by atoms with E-state index in [-0.39, 0.29) is 0 Å². The topological polar surface area (TPSA) is 61.2 Å². The Labute approximate surface area is 118 Å². The number of aromatic nitrogens is 3. The van der Waals surface area contributed by atoms with Crippen LogP contribution in [0.5, 0.6) is 11.5 Å². The van der Waals surface area contributed by atoms with E-state index in [1.165, 1.54) is 0 Å². The Bertz CT molecular complexity index is 554. The van der Waals surface area contributed by atoms with Crippen LogP contribution >= 0.6 is 0 Å². The maximum absolute atomic E-state index is 5.40. The van der Waals surface area contributed by atoms with Crippen LogP contribution in [0.1, 0.15) is 11.4 Å². The van der Waals surface area contributed by atoms with Crippen molar-refractivity contribution < 1.29 is 9.47 Å². The number of ether oxygens (including phenoxy) is 2. The Morgan fingerprint density at radius 1 is 1.25 bits per heavy atom. The summed E-state index contributed by atoms with van der Waals surface area (Å²) >= 11 is 0. The molecule has 0 aliphatic carbocycles. The first-order valence-electron chi connectivity index (χ1n) is 6.49. The van der Waals surface area contributed by atoms with Crippen LogP contribution < -0.4 is 14.8 Å². The predicted octanol–water partition coefficient (Wildman–Crippen LogP) is 1.16. The molecule has 0 aliphatic rings. The lowest BCUT2D eigenvalue weighted by atomic mass is 10.2. The van der Waals surface area contributed by atoms with Crippen molar-refractivity contribution in [3.8, 4) is 11.5 Å². The highest BCUT2D eigenvalue weighted by molar-refractivity contribution is 5.46. The van der Waals surface area contributed by atoms with Crippen molar-refractivity contribution in [3.05, 3.63) is 35.9 Å². The van der Waals surface area contributed by atoms with Gasteiger partial charge in [0.15, 0.2) is 11.5 Å². The van der Waals surface area contributed by atoms with Crippen LogP contribution in [0.2, 0.25) is 0 Å². The van der Waals surface area contributed by atoms with E-state index in [1.54, 1.807) is 20.5 Å². The quantitative estimate of drug-likeness (QED) is 0.769. The number of benzene rings is 1. The standard InChI is InChI=1S/C14H20N4O2/c1-18-10-16-17-13(18)7-8-15-9-11-5-4-6-12(19-2)14(11)20-3/h4-6,10,15H,7-9H2,1-3H3. The number of rotatable bonds is 7. The molecular weight excluding hydrogens is 256 g/mol. The van der Waals surface area contributed by atoms with Crippen molar-refractivity contribution in [3.63, 3.8) is 0 Å². The molecule has 0 unspecified atom stereocenters. The Morgan fingerprint density at radius 3 is 2.75 bits per heavy atom. The summed E-state index contributed by atoms with van der Waals surface area (Å²) in [7, 11) is 5.24. The third-order valence-corrected chi connectivity index (χ3v) is 3.13. The molecule has 2 rings (SSSR count). The van der Waals surface area contributed by atoms with Gasteiger partial charge >= 0.3 is 0 Å². The number of methoxy groups -OCH3 is 2. The van der Waals surface area contributed by atoms with Crippen LogP contribution in [0, 0.1) is 0 Å². The van der Waals surface area contributed by atoms with Gasteiger partial charge in [-0.1, -0.05) is 12.1 Å². The second-order valence-electron chi connectivity index (χ2n) is 4.44. The summed E-state index contributed by atoms with van der Waals surface area (Å²) in [5.74, 6) is 2.50. The van der Waals surface area contributed by atoms with Gasteiger partial charge in [-0.05, 0) is 6.07 Å². The highest BCUT2D eigenvalue weighted by Crippen LogP contribution is 2.30. The summed E-state index contributed by atoms with van der Waals surface area (Å²) in [4.78, 5) is 0. The average Bonchev–Trinajstić information content (AvgIpc) is 2.88. The molecule has 20 heavy (non-hydrogen) atoms. The smallest absolute Gasteiger partial charge is 0.165 e. The molecule has 0 amide bonds. The third-order valence-electron chi connectivity index (χ3n) is 3.13. The van der Waals surface area contributed by atoms with Gasteiger partial charge in [-0.15, -0.1) is 10.2 Å². The first kappa shape index (κ1) is 14.3. The normalized spacial score (nSPS) is 10.6. The lowest BCUT2D eigenvalue weighted by Crippen LogP contribution is -2.18. The van der Waals surface area contributed by atoms with Gasteiger partial charge < -0.3 is 19.4 Å². The van der Waals surface area contributed by atoms with Gasteiger partial charge in [-0.3, -0.25) is 0 Å². The minimum atomic E-state index is 0.720. The first-order valence-corrected chi connectivity index (χ1v) is 6.49. The summed E-state index contributed by atoms with van der Waals surface area (Å²) < 4.78 is 12.6. The van der Waals surface area contributed by atoms with E-state index in [1.807, 2.05) is 29.8 Å². The third kappa shape index (κ3) is 3.27. The van der Waals surface area contributed by atoms with E-state index >= 15 is 0 Å². The second-order valence-corrected chi connectivity index (χ2v) is 4.44. The molecule has 1 aromatic carbocycles. The molecule has 2 aromatic rings. The zero-order chi connectivity index (χ0) is 14.4. The molecule has 6 heteroatoms. The van der Waals surface area contributed by atoms with Crippen LogP contribution in [0.25, 0.3) is 0 Å². The second kappa shape index (κ2) is 6.91. The maximum Gasteiger partial charge on any atom is 0.165 e. The SMILES string of the molecule is COc1cccc(CNCCc2nncn2C)c1OC. The molecule has 0 saturated carbocycles. The monoisotopic (exact) mass is 276 g/mol. The zero-order valence-corrected chi connectivity index (χ0v) is 12.1. The minimum absolute atomic E-state index is 0.720. The zero-order valence-electron chi connectivity index (χ0n) is 12.1. The number of aryl methyl sites for hydroxylation is 1. The molecule has 0 spiro atoms. The van der Waals surface area contributed by atoms with Crippen LogP contribution in [0.15, 0.2) is 24.5 Å². The number of hydrogen-bond donors (Lipinski definition) is 1. The fraction of sp³-hybridized carbons (Fsp3) is 0.429. The minimum Gasteiger partial charge on any atom is -0.493 e. The van der Waals surface area contributed by atoms with Crippen molar-refractivity contribution in [1.29, 1.82) is 0 Å². The van der Waals surface area contributed by atoms with Crippen LogP contribution in [0.4, 0.5) is 0 Å². The molecule has 0 fully saturated rings. The first-order chi connectivity index (χ1) is 9.76. The van der Waals surface area contributed by atoms with E-state index in [0.29, 0.717) is 0 Å². The summed E-state index contributed by atoms with van der Waals surface area (Å²) in [5.41, 5.74) is 1.07. The van der Waals surface area contributed by atoms with Gasteiger partial charge in [0, 0.05) is 32.1 Å². The average molecular weight is 276 g/mol. The van der Waals surface area contributed by atoms with Crippen molar-refractivity contribution in [1.82, 2.24) is 20.1 Å². The Kier molecular flexibility index (Phi) is 4.95. The molecule has 0 bridgehead atoms.